The van der Waals surface area contributed by atoms with Crippen LogP contribution in [0.25, 0.3) is 0 Å². The minimum atomic E-state index is -4.59. The maximum Gasteiger partial charge on any atom is 0.399 e. The van der Waals surface area contributed by atoms with Gasteiger partial charge in [-0.15, -0.1) is 0 Å². The summed E-state index contributed by atoms with van der Waals surface area (Å²) in [6, 6.07) is -0.832. The second kappa shape index (κ2) is 5.19. The molecule has 0 radical (unpaired) electrons. The van der Waals surface area contributed by atoms with E-state index in [4.69, 9.17) is 5.73 Å². The van der Waals surface area contributed by atoms with E-state index in [2.05, 4.69) is 12.2 Å². The molecule has 2 unspecified atom stereocenters. The molecular weight excluding hydrogens is 271 g/mol. The van der Waals surface area contributed by atoms with Gasteiger partial charge in [0.1, 0.15) is 5.92 Å². The first-order valence-corrected chi connectivity index (χ1v) is 5.47. The van der Waals surface area contributed by atoms with E-state index in [0.717, 1.165) is 4.90 Å². The predicted octanol–water partition coefficient (Wildman–Crippen LogP) is -0.202. The third-order valence-corrected chi connectivity index (χ3v) is 2.98. The lowest BCUT2D eigenvalue weighted by Gasteiger charge is -2.34. The van der Waals surface area contributed by atoms with Crippen molar-refractivity contribution in [2.45, 2.75) is 19.1 Å². The van der Waals surface area contributed by atoms with Gasteiger partial charge in [0, 0.05) is 6.54 Å². The first kappa shape index (κ1) is 14.8. The molecule has 1 aliphatic rings. The largest absolute Gasteiger partial charge is 0.399 e. The number of nitrogens with two attached hydrogens (primary N) is 1. The van der Waals surface area contributed by atoms with Crippen LogP contribution in [0.15, 0.2) is 0 Å². The fraction of sp³-hybridized carbons (Fsp3) is 0.667. The molecule has 0 saturated carbocycles. The van der Waals surface area contributed by atoms with Gasteiger partial charge in [0.15, 0.2) is 0 Å². The number of halogens is 3. The molecule has 0 bridgehead atoms. The van der Waals surface area contributed by atoms with Crippen LogP contribution in [-0.4, -0.2) is 47.0 Å². The average Bonchev–Trinajstić information content (AvgIpc) is 2.18. The van der Waals surface area contributed by atoms with E-state index >= 15 is 0 Å². The van der Waals surface area contributed by atoms with Gasteiger partial charge in [0.25, 0.3) is 0 Å². The summed E-state index contributed by atoms with van der Waals surface area (Å²) in [5.74, 6) is -3.30. The van der Waals surface area contributed by atoms with Crippen LogP contribution in [-0.2, 0) is 9.59 Å². The van der Waals surface area contributed by atoms with Gasteiger partial charge in [0.2, 0.25) is 11.8 Å². The Morgan fingerprint density at radius 3 is 2.61 bits per heavy atom. The second-order valence-electron chi connectivity index (χ2n) is 4.01. The summed E-state index contributed by atoms with van der Waals surface area (Å²) in [5.41, 5.74) is 5.05. The van der Waals surface area contributed by atoms with Gasteiger partial charge < -0.3 is 5.73 Å². The van der Waals surface area contributed by atoms with E-state index < -0.39 is 41.5 Å². The lowest BCUT2D eigenvalue weighted by atomic mass is 10.1. The van der Waals surface area contributed by atoms with Crippen molar-refractivity contribution in [2.75, 3.05) is 13.1 Å². The number of rotatable bonds is 3. The molecular formula is C9H12F3N3O2S. The standard InChI is InChI=1S/C9H12F3N3O2S/c1-4-8(17)14-6(16)3-15(4)2-5(7(13)18)9(10,11)12/h4-5H,2-3H2,1H3,(H2,13,18)(H,14,16,17). The van der Waals surface area contributed by atoms with Crippen LogP contribution < -0.4 is 11.1 Å². The highest BCUT2D eigenvalue weighted by molar-refractivity contribution is 7.80. The van der Waals surface area contributed by atoms with Crippen molar-refractivity contribution in [1.82, 2.24) is 10.2 Å². The highest BCUT2D eigenvalue weighted by Gasteiger charge is 2.44. The smallest absolute Gasteiger partial charge is 0.393 e. The van der Waals surface area contributed by atoms with Crippen molar-refractivity contribution in [2.24, 2.45) is 11.7 Å². The van der Waals surface area contributed by atoms with Crippen molar-refractivity contribution in [1.29, 1.82) is 0 Å². The SMILES string of the molecule is CC1C(=O)NC(=O)CN1CC(C(N)=S)C(F)(F)F. The van der Waals surface area contributed by atoms with Crippen LogP contribution in [0.1, 0.15) is 6.92 Å². The molecule has 0 spiro atoms. The summed E-state index contributed by atoms with van der Waals surface area (Å²) in [5, 5.41) is 2.04. The number of hydrogen-bond donors (Lipinski definition) is 2. The van der Waals surface area contributed by atoms with E-state index in [-0.39, 0.29) is 6.54 Å². The monoisotopic (exact) mass is 283 g/mol. The molecule has 1 aliphatic heterocycles. The van der Waals surface area contributed by atoms with Crippen molar-refractivity contribution in [3.8, 4) is 0 Å². The summed E-state index contributed by atoms with van der Waals surface area (Å²) in [6.07, 6.45) is -4.59. The molecule has 2 atom stereocenters. The maximum atomic E-state index is 12.7. The Labute approximate surface area is 106 Å². The quantitative estimate of drug-likeness (QED) is 0.554. The fourth-order valence-corrected chi connectivity index (χ4v) is 1.79. The Bertz CT molecular complexity index is 386. The lowest BCUT2D eigenvalue weighted by molar-refractivity contribution is -0.164. The lowest BCUT2D eigenvalue weighted by Crippen LogP contribution is -2.59. The number of nitrogens with zero attached hydrogens (tertiary/aromatic N) is 1. The Balaban J connectivity index is 2.83. The van der Waals surface area contributed by atoms with Gasteiger partial charge in [-0.1, -0.05) is 12.2 Å². The highest BCUT2D eigenvalue weighted by atomic mass is 32.1. The molecule has 3 N–H and O–H groups in total. The van der Waals surface area contributed by atoms with Gasteiger partial charge in [-0.3, -0.25) is 19.8 Å². The van der Waals surface area contributed by atoms with E-state index in [9.17, 15) is 22.8 Å². The van der Waals surface area contributed by atoms with Crippen LogP contribution in [0.3, 0.4) is 0 Å². The number of nitrogens with one attached hydrogen (secondary N) is 1. The van der Waals surface area contributed by atoms with Crippen molar-refractivity contribution >= 4 is 29.0 Å². The number of imide groups is 1. The number of amides is 2. The highest BCUT2D eigenvalue weighted by Crippen LogP contribution is 2.28. The molecule has 102 valence electrons. The summed E-state index contributed by atoms with van der Waals surface area (Å²) in [4.78, 5) is 22.8. The zero-order valence-corrected chi connectivity index (χ0v) is 10.3. The summed E-state index contributed by atoms with van der Waals surface area (Å²) < 4.78 is 38.0. The van der Waals surface area contributed by atoms with Gasteiger partial charge >= 0.3 is 6.18 Å². The van der Waals surface area contributed by atoms with Crippen molar-refractivity contribution in [3.05, 3.63) is 0 Å². The molecule has 5 nitrogen and oxygen atoms in total. The Hall–Kier alpha value is -1.22. The number of thiocarbonyl (C=S) groups is 1. The number of carbonyl (C=O) groups excluding carboxylic acids is 2. The third kappa shape index (κ3) is 3.39. The van der Waals surface area contributed by atoms with Crippen LogP contribution in [0.2, 0.25) is 0 Å². The van der Waals surface area contributed by atoms with E-state index in [1.54, 1.807) is 0 Å². The predicted molar refractivity (Wildman–Crippen MR) is 60.5 cm³/mol. The Morgan fingerprint density at radius 2 is 2.17 bits per heavy atom. The van der Waals surface area contributed by atoms with Gasteiger partial charge in [-0.25, -0.2) is 0 Å². The van der Waals surface area contributed by atoms with Crippen LogP contribution in [0.5, 0.6) is 0 Å². The van der Waals surface area contributed by atoms with Crippen LogP contribution in [0.4, 0.5) is 13.2 Å². The summed E-state index contributed by atoms with van der Waals surface area (Å²) >= 11 is 4.38. The minimum Gasteiger partial charge on any atom is -0.393 e. The van der Waals surface area contributed by atoms with E-state index in [0.29, 0.717) is 0 Å². The van der Waals surface area contributed by atoms with Gasteiger partial charge in [-0.05, 0) is 6.92 Å². The molecule has 1 fully saturated rings. The second-order valence-corrected chi connectivity index (χ2v) is 4.49. The molecule has 0 aromatic rings. The van der Waals surface area contributed by atoms with E-state index in [1.165, 1.54) is 6.92 Å². The average molecular weight is 283 g/mol. The Morgan fingerprint density at radius 1 is 1.61 bits per heavy atom. The molecule has 1 saturated heterocycles. The zero-order chi connectivity index (χ0) is 14.1. The number of alkyl halides is 3. The van der Waals surface area contributed by atoms with E-state index in [1.807, 2.05) is 5.32 Å². The van der Waals surface area contributed by atoms with Crippen LogP contribution >= 0.6 is 12.2 Å². The first-order chi connectivity index (χ1) is 8.12. The summed E-state index contributed by atoms with van der Waals surface area (Å²) in [6.45, 7) is 0.524. The number of piperazine rings is 1. The van der Waals surface area contributed by atoms with Crippen molar-refractivity contribution < 1.29 is 22.8 Å². The fourth-order valence-electron chi connectivity index (χ4n) is 1.58. The first-order valence-electron chi connectivity index (χ1n) is 5.06. The minimum absolute atomic E-state index is 0.290. The molecule has 0 aromatic heterocycles. The maximum absolute atomic E-state index is 12.7. The van der Waals surface area contributed by atoms with Crippen molar-refractivity contribution in [3.63, 3.8) is 0 Å². The molecule has 1 heterocycles. The van der Waals surface area contributed by atoms with Crippen LogP contribution in [0, 0.1) is 5.92 Å². The molecule has 0 aliphatic carbocycles. The molecule has 0 aromatic carbocycles. The zero-order valence-electron chi connectivity index (χ0n) is 9.45. The normalized spacial score (nSPS) is 23.7. The summed E-state index contributed by atoms with van der Waals surface area (Å²) in [7, 11) is 0. The van der Waals surface area contributed by atoms with Gasteiger partial charge in [0.05, 0.1) is 17.6 Å². The number of carbonyl (C=O) groups is 2. The Kier molecular flexibility index (Phi) is 4.28. The topological polar surface area (TPSA) is 75.4 Å². The molecule has 2 amide bonds. The number of hydrogen-bond acceptors (Lipinski definition) is 4. The third-order valence-electron chi connectivity index (χ3n) is 2.69. The molecule has 1 rings (SSSR count). The molecule has 18 heavy (non-hydrogen) atoms. The molecule has 9 heteroatoms. The van der Waals surface area contributed by atoms with Gasteiger partial charge in [-0.2, -0.15) is 13.2 Å².